The number of hydrogen-bond acceptors (Lipinski definition) is 4. The van der Waals surface area contributed by atoms with Gasteiger partial charge in [0.1, 0.15) is 0 Å². The molecule has 0 aliphatic heterocycles. The van der Waals surface area contributed by atoms with Crippen molar-refractivity contribution >= 4 is 17.3 Å². The summed E-state index contributed by atoms with van der Waals surface area (Å²) in [6.45, 7) is 10.1. The lowest BCUT2D eigenvalue weighted by molar-refractivity contribution is 0.0956. The Morgan fingerprint density at radius 3 is 2.57 bits per heavy atom. The molecule has 0 bridgehead atoms. The van der Waals surface area contributed by atoms with Crippen molar-refractivity contribution in [1.29, 1.82) is 0 Å². The van der Waals surface area contributed by atoms with Gasteiger partial charge in [0.05, 0.1) is 24.0 Å². The second-order valence-electron chi connectivity index (χ2n) is 5.32. The van der Waals surface area contributed by atoms with Gasteiger partial charge in [0.25, 0.3) is 5.91 Å². The minimum absolute atomic E-state index is 0.106. The second-order valence-corrected chi connectivity index (χ2v) is 5.32. The summed E-state index contributed by atoms with van der Waals surface area (Å²) < 4.78 is 5.50. The molecule has 0 aromatic heterocycles. The lowest BCUT2D eigenvalue weighted by Crippen LogP contribution is -2.31. The first-order chi connectivity index (χ1) is 9.99. The Balaban J connectivity index is 2.81. The van der Waals surface area contributed by atoms with Crippen molar-refractivity contribution in [1.82, 2.24) is 5.32 Å². The normalized spacial score (nSPS) is 12.2. The van der Waals surface area contributed by atoms with E-state index in [9.17, 15) is 4.79 Å². The van der Waals surface area contributed by atoms with Crippen molar-refractivity contribution in [3.05, 3.63) is 23.8 Å². The van der Waals surface area contributed by atoms with Crippen molar-refractivity contribution in [2.45, 2.75) is 33.7 Å². The van der Waals surface area contributed by atoms with Crippen LogP contribution in [0, 0.1) is 5.92 Å². The highest BCUT2D eigenvalue weighted by molar-refractivity contribution is 5.96. The van der Waals surface area contributed by atoms with Crippen molar-refractivity contribution in [3.63, 3.8) is 0 Å². The molecular weight excluding hydrogens is 266 g/mol. The number of hydrogen-bond donors (Lipinski definition) is 3. The summed E-state index contributed by atoms with van der Waals surface area (Å²) in [6.07, 6.45) is 0. The smallest absolute Gasteiger partial charge is 0.251 e. The molecule has 1 atom stereocenters. The van der Waals surface area contributed by atoms with Gasteiger partial charge < -0.3 is 21.1 Å². The Morgan fingerprint density at radius 1 is 1.33 bits per heavy atom. The minimum atomic E-state index is -0.106. The van der Waals surface area contributed by atoms with Crippen LogP contribution >= 0.6 is 0 Å². The van der Waals surface area contributed by atoms with Crippen LogP contribution in [0.3, 0.4) is 0 Å². The van der Waals surface area contributed by atoms with Crippen LogP contribution < -0.4 is 16.4 Å². The van der Waals surface area contributed by atoms with E-state index in [0.717, 1.165) is 5.69 Å². The zero-order chi connectivity index (χ0) is 15.8. The molecule has 21 heavy (non-hydrogen) atoms. The third-order valence-electron chi connectivity index (χ3n) is 3.30. The highest BCUT2D eigenvalue weighted by Gasteiger charge is 2.15. The van der Waals surface area contributed by atoms with Crippen LogP contribution in [0.4, 0.5) is 11.4 Å². The Kier molecular flexibility index (Phi) is 7.02. The highest BCUT2D eigenvalue weighted by atomic mass is 16.5. The van der Waals surface area contributed by atoms with Crippen LogP contribution in [0.1, 0.15) is 38.1 Å². The quantitative estimate of drug-likeness (QED) is 0.644. The molecule has 0 heterocycles. The van der Waals surface area contributed by atoms with Crippen molar-refractivity contribution in [3.8, 4) is 0 Å². The maximum atomic E-state index is 11.8. The number of carbonyl (C=O) groups is 1. The van der Waals surface area contributed by atoms with Crippen LogP contribution in [0.15, 0.2) is 18.2 Å². The Labute approximate surface area is 127 Å². The molecule has 5 heteroatoms. The highest BCUT2D eigenvalue weighted by Crippen LogP contribution is 2.22. The summed E-state index contributed by atoms with van der Waals surface area (Å²) in [7, 11) is 0. The first-order valence-corrected chi connectivity index (χ1v) is 7.51. The van der Waals surface area contributed by atoms with E-state index in [1.54, 1.807) is 12.1 Å². The zero-order valence-corrected chi connectivity index (χ0v) is 13.4. The molecule has 0 saturated carbocycles. The fraction of sp³-hybridized carbons (Fsp3) is 0.562. The number of rotatable bonds is 8. The summed E-state index contributed by atoms with van der Waals surface area (Å²) in [5.41, 5.74) is 8.03. The van der Waals surface area contributed by atoms with Gasteiger partial charge in [-0.15, -0.1) is 0 Å². The van der Waals surface area contributed by atoms with E-state index < -0.39 is 0 Å². The summed E-state index contributed by atoms with van der Waals surface area (Å²) in [4.78, 5) is 11.8. The fourth-order valence-electron chi connectivity index (χ4n) is 1.94. The van der Waals surface area contributed by atoms with Gasteiger partial charge in [0, 0.05) is 18.7 Å². The molecule has 1 aromatic rings. The second kappa shape index (κ2) is 8.52. The van der Waals surface area contributed by atoms with Gasteiger partial charge in [0.15, 0.2) is 0 Å². The first kappa shape index (κ1) is 17.3. The van der Waals surface area contributed by atoms with Crippen molar-refractivity contribution in [2.75, 3.05) is 30.8 Å². The van der Waals surface area contributed by atoms with E-state index >= 15 is 0 Å². The molecule has 1 rings (SSSR count). The summed E-state index contributed by atoms with van der Waals surface area (Å²) in [5.74, 6) is 0.310. The van der Waals surface area contributed by atoms with Gasteiger partial charge in [-0.25, -0.2) is 0 Å². The van der Waals surface area contributed by atoms with E-state index in [-0.39, 0.29) is 11.9 Å². The number of nitrogen functional groups attached to an aromatic ring is 1. The number of anilines is 2. The van der Waals surface area contributed by atoms with Gasteiger partial charge in [0.2, 0.25) is 0 Å². The molecule has 5 nitrogen and oxygen atoms in total. The predicted octanol–water partition coefficient (Wildman–Crippen LogP) is 2.49. The molecule has 0 aliphatic rings. The SMILES string of the molecule is CCNC(=O)c1ccc(NC(COCC)C(C)C)c(N)c1. The molecular formula is C16H27N3O2. The Hall–Kier alpha value is -1.75. The largest absolute Gasteiger partial charge is 0.397 e. The van der Waals surface area contributed by atoms with Crippen molar-refractivity contribution in [2.24, 2.45) is 5.92 Å². The Bertz CT molecular complexity index is 461. The average molecular weight is 293 g/mol. The molecule has 0 aliphatic carbocycles. The number of ether oxygens (including phenoxy) is 1. The van der Waals surface area contributed by atoms with Crippen LogP contribution in [-0.4, -0.2) is 31.7 Å². The molecule has 0 saturated heterocycles. The number of nitrogens with two attached hydrogens (primary N) is 1. The topological polar surface area (TPSA) is 76.4 Å². The average Bonchev–Trinajstić information content (AvgIpc) is 2.44. The standard InChI is InChI=1S/C16H27N3O2/c1-5-18-16(20)12-7-8-14(13(17)9-12)19-15(11(3)4)10-21-6-2/h7-9,11,15,19H,5-6,10,17H2,1-4H3,(H,18,20). The summed E-state index contributed by atoms with van der Waals surface area (Å²) >= 11 is 0. The third-order valence-corrected chi connectivity index (χ3v) is 3.30. The van der Waals surface area contributed by atoms with Gasteiger partial charge in [-0.2, -0.15) is 0 Å². The zero-order valence-electron chi connectivity index (χ0n) is 13.4. The summed E-state index contributed by atoms with van der Waals surface area (Å²) in [5, 5.41) is 6.16. The molecule has 118 valence electrons. The predicted molar refractivity (Wildman–Crippen MR) is 87.6 cm³/mol. The van der Waals surface area contributed by atoms with Crippen LogP contribution in [0.25, 0.3) is 0 Å². The Morgan fingerprint density at radius 2 is 2.05 bits per heavy atom. The third kappa shape index (κ3) is 5.27. The lowest BCUT2D eigenvalue weighted by Gasteiger charge is -2.24. The van der Waals surface area contributed by atoms with E-state index in [2.05, 4.69) is 24.5 Å². The van der Waals surface area contributed by atoms with E-state index in [1.165, 1.54) is 0 Å². The molecule has 0 radical (unpaired) electrons. The number of nitrogens with one attached hydrogen (secondary N) is 2. The fourth-order valence-corrected chi connectivity index (χ4v) is 1.94. The number of carbonyl (C=O) groups excluding carboxylic acids is 1. The van der Waals surface area contributed by atoms with E-state index in [0.29, 0.717) is 36.9 Å². The first-order valence-electron chi connectivity index (χ1n) is 7.51. The molecule has 4 N–H and O–H groups in total. The minimum Gasteiger partial charge on any atom is -0.397 e. The van der Waals surface area contributed by atoms with Gasteiger partial charge in [-0.3, -0.25) is 4.79 Å². The molecule has 1 unspecified atom stereocenters. The van der Waals surface area contributed by atoms with E-state index in [1.807, 2.05) is 19.9 Å². The van der Waals surface area contributed by atoms with Crippen LogP contribution in [-0.2, 0) is 4.74 Å². The molecule has 1 aromatic carbocycles. The molecule has 0 fully saturated rings. The number of benzene rings is 1. The molecule has 0 spiro atoms. The maximum absolute atomic E-state index is 11.8. The van der Waals surface area contributed by atoms with Crippen molar-refractivity contribution < 1.29 is 9.53 Å². The van der Waals surface area contributed by atoms with E-state index in [4.69, 9.17) is 10.5 Å². The lowest BCUT2D eigenvalue weighted by atomic mass is 10.0. The number of amides is 1. The summed E-state index contributed by atoms with van der Waals surface area (Å²) in [6, 6.07) is 5.51. The van der Waals surface area contributed by atoms with Crippen LogP contribution in [0.5, 0.6) is 0 Å². The monoisotopic (exact) mass is 293 g/mol. The van der Waals surface area contributed by atoms with Gasteiger partial charge >= 0.3 is 0 Å². The maximum Gasteiger partial charge on any atom is 0.251 e. The van der Waals surface area contributed by atoms with Gasteiger partial charge in [-0.1, -0.05) is 13.8 Å². The van der Waals surface area contributed by atoms with Gasteiger partial charge in [-0.05, 0) is 38.0 Å². The van der Waals surface area contributed by atoms with Crippen LogP contribution in [0.2, 0.25) is 0 Å². The molecule has 1 amide bonds.